The summed E-state index contributed by atoms with van der Waals surface area (Å²) in [5.41, 5.74) is 0.556. The van der Waals surface area contributed by atoms with Gasteiger partial charge < -0.3 is 9.84 Å². The van der Waals surface area contributed by atoms with Gasteiger partial charge in [0.15, 0.2) is 0 Å². The molecule has 0 atom stereocenters. The van der Waals surface area contributed by atoms with E-state index < -0.39 is 5.97 Å². The third-order valence-electron chi connectivity index (χ3n) is 4.37. The zero-order chi connectivity index (χ0) is 21.5. The van der Waals surface area contributed by atoms with Gasteiger partial charge in [-0.1, -0.05) is 84.3 Å². The van der Waals surface area contributed by atoms with Crippen LogP contribution >= 0.6 is 0 Å². The average Bonchev–Trinajstić information content (AvgIpc) is 2.67. The van der Waals surface area contributed by atoms with E-state index in [1.54, 1.807) is 0 Å². The molecule has 4 nitrogen and oxygen atoms in total. The first-order valence-corrected chi connectivity index (χ1v) is 11.3. The molecular weight excluding hydrogens is 352 g/mol. The molecule has 0 radical (unpaired) electrons. The Labute approximate surface area is 173 Å². The van der Waals surface area contributed by atoms with Crippen molar-refractivity contribution >= 4 is 11.9 Å². The number of allylic oxidation sites excluding steroid dienone is 2. The van der Waals surface area contributed by atoms with Crippen LogP contribution in [-0.2, 0) is 14.3 Å². The summed E-state index contributed by atoms with van der Waals surface area (Å²) in [6.45, 7) is 8.56. The van der Waals surface area contributed by atoms with Gasteiger partial charge in [0.25, 0.3) is 0 Å². The van der Waals surface area contributed by atoms with E-state index in [1.807, 2.05) is 26.0 Å². The second-order valence-electron chi connectivity index (χ2n) is 6.95. The summed E-state index contributed by atoms with van der Waals surface area (Å²) in [7, 11) is 0. The number of carbonyl (C=O) groups excluding carboxylic acids is 1. The van der Waals surface area contributed by atoms with Gasteiger partial charge in [0, 0.05) is 11.6 Å². The number of rotatable bonds is 16. The van der Waals surface area contributed by atoms with Gasteiger partial charge in [-0.05, 0) is 39.0 Å². The highest BCUT2D eigenvalue weighted by molar-refractivity contribution is 5.86. The van der Waals surface area contributed by atoms with Crippen molar-refractivity contribution < 1.29 is 19.4 Å². The maximum atomic E-state index is 10.9. The van der Waals surface area contributed by atoms with Crippen LogP contribution in [0, 0.1) is 0 Å². The Balaban J connectivity index is 0. The lowest BCUT2D eigenvalue weighted by atomic mass is 10.1. The summed E-state index contributed by atoms with van der Waals surface area (Å²) in [4.78, 5) is 21.5. The molecule has 1 N–H and O–H groups in total. The van der Waals surface area contributed by atoms with Crippen molar-refractivity contribution in [1.82, 2.24) is 0 Å². The van der Waals surface area contributed by atoms with E-state index in [9.17, 15) is 9.59 Å². The lowest BCUT2D eigenvalue weighted by molar-refractivity contribution is -0.137. The Morgan fingerprint density at radius 3 is 1.79 bits per heavy atom. The van der Waals surface area contributed by atoms with Crippen molar-refractivity contribution in [2.24, 2.45) is 0 Å². The second-order valence-corrected chi connectivity index (χ2v) is 6.95. The minimum absolute atomic E-state index is 0.221. The molecule has 0 amide bonds. The van der Waals surface area contributed by atoms with Gasteiger partial charge in [-0.3, -0.25) is 0 Å². The quantitative estimate of drug-likeness (QED) is 0.170. The van der Waals surface area contributed by atoms with Gasteiger partial charge in [0.1, 0.15) is 0 Å². The fourth-order valence-corrected chi connectivity index (χ4v) is 2.64. The molecule has 0 aromatic rings. The number of aliphatic carboxylic acids is 1. The molecule has 0 aliphatic rings. The van der Waals surface area contributed by atoms with E-state index >= 15 is 0 Å². The highest BCUT2D eigenvalue weighted by Crippen LogP contribution is 2.09. The molecule has 0 bridgehead atoms. The van der Waals surface area contributed by atoms with Crippen LogP contribution in [0.3, 0.4) is 0 Å². The van der Waals surface area contributed by atoms with Crippen molar-refractivity contribution in [2.75, 3.05) is 6.61 Å². The van der Waals surface area contributed by atoms with Gasteiger partial charge in [-0.15, -0.1) is 0 Å². The molecule has 0 aromatic carbocycles. The predicted octanol–water partition coefficient (Wildman–Crippen LogP) is 7.23. The van der Waals surface area contributed by atoms with Crippen LogP contribution < -0.4 is 0 Å². The molecule has 4 heteroatoms. The molecule has 0 aromatic heterocycles. The number of carbonyl (C=O) groups is 2. The molecule has 0 fully saturated rings. The molecule has 0 heterocycles. The molecule has 0 unspecified atom stereocenters. The number of carboxylic acid groups (broad SMARTS) is 1. The van der Waals surface area contributed by atoms with Crippen LogP contribution in [0.5, 0.6) is 0 Å². The molecule has 0 saturated carbocycles. The van der Waals surface area contributed by atoms with Crippen LogP contribution in [0.15, 0.2) is 23.8 Å². The van der Waals surface area contributed by atoms with Crippen LogP contribution in [0.1, 0.15) is 111 Å². The average molecular weight is 397 g/mol. The molecule has 0 aliphatic heterocycles. The number of carboxylic acids is 1. The minimum atomic E-state index is -0.763. The fraction of sp³-hybridized carbons (Fsp3) is 0.750. The molecular formula is C24H44O4. The molecule has 0 saturated heterocycles. The zero-order valence-electron chi connectivity index (χ0n) is 18.8. The topological polar surface area (TPSA) is 63.6 Å². The third kappa shape index (κ3) is 22.5. The lowest BCUT2D eigenvalue weighted by Crippen LogP contribution is -1.98. The number of ether oxygens (including phenoxy) is 1. The summed E-state index contributed by atoms with van der Waals surface area (Å²) in [6, 6.07) is 0. The Kier molecular flexibility index (Phi) is 24.0. The third-order valence-corrected chi connectivity index (χ3v) is 4.37. The van der Waals surface area contributed by atoms with Crippen molar-refractivity contribution in [3.8, 4) is 0 Å². The second kappa shape index (κ2) is 23.5. The van der Waals surface area contributed by atoms with E-state index in [0.29, 0.717) is 18.6 Å². The number of unbranched alkanes of at least 4 members (excludes halogenated alkanes) is 10. The van der Waals surface area contributed by atoms with E-state index in [4.69, 9.17) is 9.84 Å². The van der Waals surface area contributed by atoms with Gasteiger partial charge in [0.05, 0.1) is 6.61 Å². The van der Waals surface area contributed by atoms with Gasteiger partial charge in [-0.25, -0.2) is 9.59 Å². The van der Waals surface area contributed by atoms with Crippen molar-refractivity contribution in [3.63, 3.8) is 0 Å². The molecule has 0 spiro atoms. The summed E-state index contributed by atoms with van der Waals surface area (Å²) >= 11 is 0. The van der Waals surface area contributed by atoms with E-state index in [2.05, 4.69) is 13.8 Å². The maximum absolute atomic E-state index is 10.9. The monoisotopic (exact) mass is 396 g/mol. The van der Waals surface area contributed by atoms with Crippen LogP contribution in [-0.4, -0.2) is 23.7 Å². The smallest absolute Gasteiger partial charge is 0.331 e. The van der Waals surface area contributed by atoms with Crippen molar-refractivity contribution in [1.29, 1.82) is 0 Å². The largest absolute Gasteiger partial charge is 0.478 e. The Morgan fingerprint density at radius 1 is 0.786 bits per heavy atom. The highest BCUT2D eigenvalue weighted by atomic mass is 16.5. The van der Waals surface area contributed by atoms with Crippen LogP contribution in [0.4, 0.5) is 0 Å². The number of hydrogen-bond donors (Lipinski definition) is 1. The first-order chi connectivity index (χ1) is 13.5. The first kappa shape index (κ1) is 28.6. The Hall–Kier alpha value is -1.58. The number of hydrogen-bond acceptors (Lipinski definition) is 3. The van der Waals surface area contributed by atoms with Crippen molar-refractivity contribution in [3.05, 3.63) is 23.8 Å². The summed E-state index contributed by atoms with van der Waals surface area (Å²) in [6.07, 6.45) is 20.4. The zero-order valence-corrected chi connectivity index (χ0v) is 18.8. The maximum Gasteiger partial charge on any atom is 0.331 e. The minimum Gasteiger partial charge on any atom is -0.478 e. The molecule has 28 heavy (non-hydrogen) atoms. The molecule has 164 valence electrons. The van der Waals surface area contributed by atoms with E-state index in [1.165, 1.54) is 63.9 Å². The van der Waals surface area contributed by atoms with Gasteiger partial charge >= 0.3 is 11.9 Å². The predicted molar refractivity (Wildman–Crippen MR) is 119 cm³/mol. The number of esters is 1. The van der Waals surface area contributed by atoms with Gasteiger partial charge in [-0.2, -0.15) is 0 Å². The Morgan fingerprint density at radius 2 is 1.32 bits per heavy atom. The highest BCUT2D eigenvalue weighted by Gasteiger charge is 2.02. The summed E-state index contributed by atoms with van der Waals surface area (Å²) < 4.78 is 4.76. The van der Waals surface area contributed by atoms with E-state index in [-0.39, 0.29) is 5.97 Å². The van der Waals surface area contributed by atoms with Crippen LogP contribution in [0.25, 0.3) is 0 Å². The molecule has 0 aliphatic carbocycles. The Bertz CT molecular complexity index is 422. The molecule has 0 rings (SSSR count). The summed E-state index contributed by atoms with van der Waals surface area (Å²) in [5, 5.41) is 8.75. The van der Waals surface area contributed by atoms with Crippen molar-refractivity contribution in [2.45, 2.75) is 111 Å². The van der Waals surface area contributed by atoms with Gasteiger partial charge in [0.2, 0.25) is 0 Å². The summed E-state index contributed by atoms with van der Waals surface area (Å²) in [5.74, 6) is -0.984. The fourth-order valence-electron chi connectivity index (χ4n) is 2.64. The standard InChI is InChI=1S/2C12H22O2/c1-3-5-6-7-8-9-10-11-12(13)14-4-2;1-3-5-6-7-8-9-10-11(4-2)12(13)14/h10-11H,3-9H2,1-2H3;10H,3-9H2,1-2H3,(H,13,14)/b2*11-10+. The normalized spacial score (nSPS) is 11.2. The SMILES string of the molecule is CCCCCCC/C=C(\CC)C(=O)O.CCCCCCC/C=C/C(=O)OCC. The van der Waals surface area contributed by atoms with Crippen LogP contribution in [0.2, 0.25) is 0 Å². The lowest BCUT2D eigenvalue weighted by Gasteiger charge is -1.99. The van der Waals surface area contributed by atoms with E-state index in [0.717, 1.165) is 19.3 Å². The first-order valence-electron chi connectivity index (χ1n) is 11.3.